The van der Waals surface area contributed by atoms with Crippen LogP contribution in [-0.2, 0) is 4.74 Å². The van der Waals surface area contributed by atoms with Gasteiger partial charge in [-0.1, -0.05) is 60.7 Å². The number of amides is 1. The van der Waals surface area contributed by atoms with Gasteiger partial charge in [0.2, 0.25) is 0 Å². The third-order valence-corrected chi connectivity index (χ3v) is 4.83. The molecule has 27 heavy (non-hydrogen) atoms. The molecule has 1 heterocycles. The highest BCUT2D eigenvalue weighted by Crippen LogP contribution is 2.29. The van der Waals surface area contributed by atoms with Crippen molar-refractivity contribution in [3.05, 3.63) is 54.6 Å². The maximum Gasteiger partial charge on any atom is 0.410 e. The van der Waals surface area contributed by atoms with Crippen LogP contribution in [0, 0.1) is 0 Å². The Labute approximate surface area is 166 Å². The van der Waals surface area contributed by atoms with Gasteiger partial charge in [-0.25, -0.2) is 4.79 Å². The average Bonchev–Trinajstić information content (AvgIpc) is 3.12. The Morgan fingerprint density at radius 3 is 2.48 bits per heavy atom. The standard InChI is InChI=1S/C22H26N2O2S/c1-22(2,3)26-21(25)24-15-9-14-19(24)20(27)23-18-13-8-7-12-17(18)16-10-5-4-6-11-16/h4-8,10-13,19H,9,14-15H2,1-3H3,(H,23,27)/t19-/m0/s1. The fourth-order valence-electron chi connectivity index (χ4n) is 3.26. The third-order valence-electron chi connectivity index (χ3n) is 4.45. The Morgan fingerprint density at radius 1 is 1.11 bits per heavy atom. The summed E-state index contributed by atoms with van der Waals surface area (Å²) in [4.78, 5) is 14.9. The fourth-order valence-corrected chi connectivity index (χ4v) is 3.61. The van der Waals surface area contributed by atoms with Gasteiger partial charge in [0.15, 0.2) is 0 Å². The van der Waals surface area contributed by atoms with E-state index in [2.05, 4.69) is 23.5 Å². The molecule has 1 N–H and O–H groups in total. The van der Waals surface area contributed by atoms with Gasteiger partial charge in [0.25, 0.3) is 0 Å². The molecular formula is C22H26N2O2S. The second-order valence-electron chi connectivity index (χ2n) is 7.73. The number of carbonyl (C=O) groups is 1. The van der Waals surface area contributed by atoms with Crippen LogP contribution in [-0.4, -0.2) is 34.2 Å². The molecule has 0 unspecified atom stereocenters. The highest BCUT2D eigenvalue weighted by Gasteiger charge is 2.34. The Bertz CT molecular complexity index is 815. The number of thiocarbonyl (C=S) groups is 1. The highest BCUT2D eigenvalue weighted by molar-refractivity contribution is 7.80. The molecular weight excluding hydrogens is 356 g/mol. The molecule has 2 aromatic carbocycles. The lowest BCUT2D eigenvalue weighted by Gasteiger charge is -2.29. The molecule has 1 amide bonds. The van der Waals surface area contributed by atoms with Gasteiger partial charge in [-0.05, 0) is 45.2 Å². The molecule has 1 saturated heterocycles. The number of nitrogens with one attached hydrogen (secondary N) is 1. The van der Waals surface area contributed by atoms with Crippen molar-refractivity contribution >= 4 is 29.0 Å². The lowest BCUT2D eigenvalue weighted by atomic mass is 10.0. The maximum absolute atomic E-state index is 12.5. The number of anilines is 1. The fraction of sp³-hybridized carbons (Fsp3) is 0.364. The van der Waals surface area contributed by atoms with Crippen LogP contribution in [0.3, 0.4) is 0 Å². The Morgan fingerprint density at radius 2 is 1.78 bits per heavy atom. The first-order chi connectivity index (χ1) is 12.8. The SMILES string of the molecule is CC(C)(C)OC(=O)N1CCC[C@H]1C(=S)Nc1ccccc1-c1ccccc1. The Hall–Kier alpha value is -2.40. The summed E-state index contributed by atoms with van der Waals surface area (Å²) in [5, 5.41) is 3.38. The van der Waals surface area contributed by atoms with Crippen molar-refractivity contribution in [3.8, 4) is 11.1 Å². The summed E-state index contributed by atoms with van der Waals surface area (Å²) in [5.74, 6) is 0. The largest absolute Gasteiger partial charge is 0.444 e. The average molecular weight is 383 g/mol. The zero-order chi connectivity index (χ0) is 19.4. The number of carbonyl (C=O) groups excluding carboxylic acids is 1. The van der Waals surface area contributed by atoms with Gasteiger partial charge in [0, 0.05) is 17.8 Å². The number of benzene rings is 2. The van der Waals surface area contributed by atoms with Crippen LogP contribution in [0.25, 0.3) is 11.1 Å². The molecule has 1 aliphatic heterocycles. The summed E-state index contributed by atoms with van der Waals surface area (Å²) >= 11 is 5.68. The monoisotopic (exact) mass is 382 g/mol. The van der Waals surface area contributed by atoms with Gasteiger partial charge in [-0.3, -0.25) is 4.90 Å². The molecule has 1 aliphatic rings. The van der Waals surface area contributed by atoms with E-state index >= 15 is 0 Å². The minimum Gasteiger partial charge on any atom is -0.444 e. The van der Waals surface area contributed by atoms with E-state index in [-0.39, 0.29) is 12.1 Å². The number of likely N-dealkylation sites (tertiary alicyclic amines) is 1. The van der Waals surface area contributed by atoms with Crippen LogP contribution < -0.4 is 5.32 Å². The van der Waals surface area contributed by atoms with Crippen LogP contribution in [0.5, 0.6) is 0 Å². The Balaban J connectivity index is 1.77. The van der Waals surface area contributed by atoms with E-state index in [0.29, 0.717) is 11.5 Å². The van der Waals surface area contributed by atoms with Crippen LogP contribution in [0.2, 0.25) is 0 Å². The van der Waals surface area contributed by atoms with E-state index in [1.807, 2.05) is 57.2 Å². The predicted octanol–water partition coefficient (Wildman–Crippen LogP) is 5.49. The first-order valence-electron chi connectivity index (χ1n) is 9.30. The molecule has 5 heteroatoms. The first-order valence-corrected chi connectivity index (χ1v) is 9.71. The first kappa shape index (κ1) is 19.4. The third kappa shape index (κ3) is 4.86. The Kier molecular flexibility index (Phi) is 5.80. The van der Waals surface area contributed by atoms with Gasteiger partial charge >= 0.3 is 6.09 Å². The maximum atomic E-state index is 12.5. The number of rotatable bonds is 3. The zero-order valence-electron chi connectivity index (χ0n) is 16.1. The van der Waals surface area contributed by atoms with Crippen LogP contribution in [0.15, 0.2) is 54.6 Å². The van der Waals surface area contributed by atoms with Crippen molar-refractivity contribution in [2.45, 2.75) is 45.3 Å². The van der Waals surface area contributed by atoms with Crippen molar-refractivity contribution < 1.29 is 9.53 Å². The van der Waals surface area contributed by atoms with E-state index in [1.165, 1.54) is 0 Å². The lowest BCUT2D eigenvalue weighted by molar-refractivity contribution is 0.0267. The number of ether oxygens (including phenoxy) is 1. The van der Waals surface area contributed by atoms with E-state index in [0.717, 1.165) is 29.7 Å². The van der Waals surface area contributed by atoms with Crippen molar-refractivity contribution in [3.63, 3.8) is 0 Å². The van der Waals surface area contributed by atoms with E-state index in [4.69, 9.17) is 17.0 Å². The molecule has 2 aromatic rings. The number of nitrogens with zero attached hydrogens (tertiary/aromatic N) is 1. The minimum absolute atomic E-state index is 0.140. The molecule has 3 rings (SSSR count). The minimum atomic E-state index is -0.515. The second-order valence-corrected chi connectivity index (χ2v) is 8.17. The topological polar surface area (TPSA) is 41.6 Å². The van der Waals surface area contributed by atoms with Crippen LogP contribution in [0.1, 0.15) is 33.6 Å². The van der Waals surface area contributed by atoms with Gasteiger partial charge in [0.05, 0.1) is 6.04 Å². The van der Waals surface area contributed by atoms with Gasteiger partial charge in [0.1, 0.15) is 10.6 Å². The molecule has 0 aliphatic carbocycles. The second kappa shape index (κ2) is 8.09. The predicted molar refractivity (Wildman–Crippen MR) is 114 cm³/mol. The van der Waals surface area contributed by atoms with Gasteiger partial charge in [-0.15, -0.1) is 0 Å². The van der Waals surface area contributed by atoms with Crippen molar-refractivity contribution in [1.82, 2.24) is 4.90 Å². The van der Waals surface area contributed by atoms with Gasteiger partial charge in [-0.2, -0.15) is 0 Å². The molecule has 1 fully saturated rings. The molecule has 0 radical (unpaired) electrons. The number of para-hydroxylation sites is 1. The smallest absolute Gasteiger partial charge is 0.410 e. The molecule has 4 nitrogen and oxygen atoms in total. The summed E-state index contributed by atoms with van der Waals surface area (Å²) < 4.78 is 5.54. The summed E-state index contributed by atoms with van der Waals surface area (Å²) in [6.45, 7) is 6.30. The quantitative estimate of drug-likeness (QED) is 0.713. The molecule has 142 valence electrons. The normalized spacial score (nSPS) is 16.9. The molecule has 0 spiro atoms. The lowest BCUT2D eigenvalue weighted by Crippen LogP contribution is -2.44. The van der Waals surface area contributed by atoms with Crippen LogP contribution >= 0.6 is 12.2 Å². The summed E-state index contributed by atoms with van der Waals surface area (Å²) in [7, 11) is 0. The van der Waals surface area contributed by atoms with Crippen molar-refractivity contribution in [1.29, 1.82) is 0 Å². The summed E-state index contributed by atoms with van der Waals surface area (Å²) in [5.41, 5.74) is 2.64. The van der Waals surface area contributed by atoms with Crippen molar-refractivity contribution in [2.75, 3.05) is 11.9 Å². The highest BCUT2D eigenvalue weighted by atomic mass is 32.1. The van der Waals surface area contributed by atoms with E-state index in [1.54, 1.807) is 4.90 Å². The summed E-state index contributed by atoms with van der Waals surface area (Å²) in [6.07, 6.45) is 1.47. The number of hydrogen-bond donors (Lipinski definition) is 1. The van der Waals surface area contributed by atoms with Gasteiger partial charge < -0.3 is 10.1 Å². The molecule has 1 atom stereocenters. The van der Waals surface area contributed by atoms with E-state index in [9.17, 15) is 4.79 Å². The number of hydrogen-bond acceptors (Lipinski definition) is 3. The summed E-state index contributed by atoms with van der Waals surface area (Å²) in [6, 6.07) is 18.1. The van der Waals surface area contributed by atoms with Crippen molar-refractivity contribution in [2.24, 2.45) is 0 Å². The molecule has 0 saturated carbocycles. The molecule has 0 bridgehead atoms. The zero-order valence-corrected chi connectivity index (χ0v) is 16.9. The van der Waals surface area contributed by atoms with Crippen LogP contribution in [0.4, 0.5) is 10.5 Å². The molecule has 0 aromatic heterocycles. The van der Waals surface area contributed by atoms with E-state index < -0.39 is 5.60 Å².